The Labute approximate surface area is 121 Å². The van der Waals surface area contributed by atoms with E-state index in [0.29, 0.717) is 6.54 Å². The van der Waals surface area contributed by atoms with Gasteiger partial charge in [0.15, 0.2) is 0 Å². The molecule has 2 aromatic rings. The number of aromatic nitrogens is 1. The number of rotatable bonds is 3. The van der Waals surface area contributed by atoms with Gasteiger partial charge in [0.25, 0.3) is 0 Å². The van der Waals surface area contributed by atoms with Crippen LogP contribution in [0.2, 0.25) is 0 Å². The van der Waals surface area contributed by atoms with Gasteiger partial charge in [-0.2, -0.15) is 0 Å². The molecule has 0 spiro atoms. The van der Waals surface area contributed by atoms with Crippen molar-refractivity contribution in [3.05, 3.63) is 51.3 Å². The van der Waals surface area contributed by atoms with Crippen molar-refractivity contribution in [1.82, 2.24) is 4.98 Å². The first-order chi connectivity index (χ1) is 9.01. The molecule has 2 N–H and O–H groups in total. The molecule has 0 saturated carbocycles. The van der Waals surface area contributed by atoms with E-state index in [4.69, 9.17) is 10.5 Å². The molecule has 2 rings (SSSR count). The van der Waals surface area contributed by atoms with E-state index in [2.05, 4.69) is 20.9 Å². The van der Waals surface area contributed by atoms with Gasteiger partial charge in [0.05, 0.1) is 0 Å². The fourth-order valence-electron chi connectivity index (χ4n) is 1.97. The van der Waals surface area contributed by atoms with Crippen LogP contribution >= 0.6 is 15.9 Å². The van der Waals surface area contributed by atoms with Crippen molar-refractivity contribution in [2.24, 2.45) is 5.73 Å². The Morgan fingerprint density at radius 3 is 2.58 bits per heavy atom. The van der Waals surface area contributed by atoms with Gasteiger partial charge in [0.2, 0.25) is 0 Å². The van der Waals surface area contributed by atoms with Gasteiger partial charge < -0.3 is 10.5 Å². The van der Waals surface area contributed by atoms with E-state index in [1.807, 2.05) is 45.0 Å². The predicted molar refractivity (Wildman–Crippen MR) is 80.6 cm³/mol. The monoisotopic (exact) mass is 320 g/mol. The quantitative estimate of drug-likeness (QED) is 0.929. The zero-order valence-corrected chi connectivity index (χ0v) is 12.9. The molecule has 1 aromatic heterocycles. The summed E-state index contributed by atoms with van der Waals surface area (Å²) < 4.78 is 7.03. The van der Waals surface area contributed by atoms with E-state index in [9.17, 15) is 0 Å². The van der Waals surface area contributed by atoms with E-state index in [1.165, 1.54) is 0 Å². The van der Waals surface area contributed by atoms with E-state index in [1.54, 1.807) is 0 Å². The lowest BCUT2D eigenvalue weighted by atomic mass is 10.1. The molecule has 19 heavy (non-hydrogen) atoms. The van der Waals surface area contributed by atoms with E-state index in [-0.39, 0.29) is 0 Å². The Hall–Kier alpha value is -1.39. The molecule has 0 atom stereocenters. The maximum absolute atomic E-state index is 5.96. The highest BCUT2D eigenvalue weighted by Crippen LogP contribution is 2.29. The zero-order chi connectivity index (χ0) is 14.0. The lowest BCUT2D eigenvalue weighted by Crippen LogP contribution is -2.05. The summed E-state index contributed by atoms with van der Waals surface area (Å²) in [6.45, 7) is 6.36. The molecule has 4 heteroatoms. The van der Waals surface area contributed by atoms with Crippen LogP contribution in [0.1, 0.15) is 22.5 Å². The number of ether oxygens (including phenoxy) is 1. The minimum Gasteiger partial charge on any atom is -0.457 e. The van der Waals surface area contributed by atoms with Crippen molar-refractivity contribution in [3.63, 3.8) is 0 Å². The van der Waals surface area contributed by atoms with Crippen LogP contribution in [-0.4, -0.2) is 4.98 Å². The predicted octanol–water partition coefficient (Wildman–Crippen LogP) is 4.02. The SMILES string of the molecule is Cc1cc(Oc2ccc(Br)c(C)c2)c(CN)c(C)n1. The van der Waals surface area contributed by atoms with Crippen molar-refractivity contribution in [2.45, 2.75) is 27.3 Å². The van der Waals surface area contributed by atoms with Gasteiger partial charge in [-0.25, -0.2) is 0 Å². The number of hydrogen-bond donors (Lipinski definition) is 1. The third-order valence-corrected chi connectivity index (χ3v) is 3.87. The van der Waals surface area contributed by atoms with Crippen molar-refractivity contribution >= 4 is 15.9 Å². The standard InChI is InChI=1S/C15H17BrN2O/c1-9-6-12(4-5-14(9)16)19-15-7-10(2)18-11(3)13(15)8-17/h4-7H,8,17H2,1-3H3. The van der Waals surface area contributed by atoms with E-state index < -0.39 is 0 Å². The Bertz CT molecular complexity index is 611. The van der Waals surface area contributed by atoms with Crippen LogP contribution in [-0.2, 0) is 6.54 Å². The molecule has 0 bridgehead atoms. The fraction of sp³-hybridized carbons (Fsp3) is 0.267. The van der Waals surface area contributed by atoms with Crippen LogP contribution in [0.3, 0.4) is 0 Å². The van der Waals surface area contributed by atoms with Gasteiger partial charge in [0, 0.05) is 34.0 Å². The number of hydrogen-bond acceptors (Lipinski definition) is 3. The number of pyridine rings is 1. The van der Waals surface area contributed by atoms with Gasteiger partial charge in [-0.1, -0.05) is 15.9 Å². The summed E-state index contributed by atoms with van der Waals surface area (Å²) in [7, 11) is 0. The number of halogens is 1. The lowest BCUT2D eigenvalue weighted by molar-refractivity contribution is 0.473. The summed E-state index contributed by atoms with van der Waals surface area (Å²) in [5.41, 5.74) is 9.72. The number of nitrogens with zero attached hydrogens (tertiary/aromatic N) is 1. The van der Waals surface area contributed by atoms with Crippen molar-refractivity contribution < 1.29 is 4.74 Å². The normalized spacial score (nSPS) is 10.6. The maximum Gasteiger partial charge on any atom is 0.135 e. The van der Waals surface area contributed by atoms with E-state index >= 15 is 0 Å². The smallest absolute Gasteiger partial charge is 0.135 e. The number of nitrogens with two attached hydrogens (primary N) is 1. The van der Waals surface area contributed by atoms with E-state index in [0.717, 1.165) is 38.5 Å². The fourth-order valence-corrected chi connectivity index (χ4v) is 2.21. The highest BCUT2D eigenvalue weighted by atomic mass is 79.9. The highest BCUT2D eigenvalue weighted by molar-refractivity contribution is 9.10. The molecule has 0 aliphatic rings. The Morgan fingerprint density at radius 1 is 1.21 bits per heavy atom. The molecule has 0 saturated heterocycles. The Kier molecular flexibility index (Phi) is 4.22. The first kappa shape index (κ1) is 14.0. The van der Waals surface area contributed by atoms with Crippen LogP contribution in [0, 0.1) is 20.8 Å². The molecule has 0 unspecified atom stereocenters. The molecule has 3 nitrogen and oxygen atoms in total. The topological polar surface area (TPSA) is 48.1 Å². The van der Waals surface area contributed by atoms with Crippen LogP contribution in [0.25, 0.3) is 0 Å². The lowest BCUT2D eigenvalue weighted by Gasteiger charge is -2.13. The molecule has 0 radical (unpaired) electrons. The summed E-state index contributed by atoms with van der Waals surface area (Å²) >= 11 is 3.48. The van der Waals surface area contributed by atoms with Crippen LogP contribution in [0.15, 0.2) is 28.7 Å². The molecular weight excluding hydrogens is 304 g/mol. The van der Waals surface area contributed by atoms with Crippen LogP contribution in [0.5, 0.6) is 11.5 Å². The summed E-state index contributed by atoms with van der Waals surface area (Å²) in [4.78, 5) is 4.41. The number of aryl methyl sites for hydroxylation is 3. The summed E-state index contributed by atoms with van der Waals surface area (Å²) in [5, 5.41) is 0. The molecular formula is C15H17BrN2O. The summed E-state index contributed by atoms with van der Waals surface area (Å²) in [5.74, 6) is 1.59. The minimum absolute atomic E-state index is 0.421. The largest absolute Gasteiger partial charge is 0.457 e. The summed E-state index contributed by atoms with van der Waals surface area (Å²) in [6.07, 6.45) is 0. The third-order valence-electron chi connectivity index (χ3n) is 2.98. The van der Waals surface area contributed by atoms with Crippen molar-refractivity contribution in [1.29, 1.82) is 0 Å². The molecule has 0 aliphatic carbocycles. The molecule has 0 fully saturated rings. The van der Waals surface area contributed by atoms with Gasteiger partial charge in [-0.3, -0.25) is 4.98 Å². The zero-order valence-electron chi connectivity index (χ0n) is 11.3. The van der Waals surface area contributed by atoms with Gasteiger partial charge >= 0.3 is 0 Å². The average molecular weight is 321 g/mol. The second kappa shape index (κ2) is 5.72. The minimum atomic E-state index is 0.421. The second-order valence-electron chi connectivity index (χ2n) is 4.54. The molecule has 1 aromatic carbocycles. The maximum atomic E-state index is 5.96. The van der Waals surface area contributed by atoms with Crippen molar-refractivity contribution in [2.75, 3.05) is 0 Å². The molecule has 0 aliphatic heterocycles. The number of benzene rings is 1. The first-order valence-electron chi connectivity index (χ1n) is 6.12. The van der Waals surface area contributed by atoms with Crippen LogP contribution < -0.4 is 10.5 Å². The first-order valence-corrected chi connectivity index (χ1v) is 6.91. The van der Waals surface area contributed by atoms with Crippen molar-refractivity contribution in [3.8, 4) is 11.5 Å². The van der Waals surface area contributed by atoms with Gasteiger partial charge in [-0.15, -0.1) is 0 Å². The Morgan fingerprint density at radius 2 is 1.95 bits per heavy atom. The molecule has 1 heterocycles. The molecule has 0 amide bonds. The van der Waals surface area contributed by atoms with Gasteiger partial charge in [-0.05, 0) is 44.5 Å². The summed E-state index contributed by atoms with van der Waals surface area (Å²) in [6, 6.07) is 7.83. The molecule has 100 valence electrons. The average Bonchev–Trinajstić information content (AvgIpc) is 2.33. The second-order valence-corrected chi connectivity index (χ2v) is 5.40. The van der Waals surface area contributed by atoms with Gasteiger partial charge in [0.1, 0.15) is 11.5 Å². The third kappa shape index (κ3) is 3.14. The highest BCUT2D eigenvalue weighted by Gasteiger charge is 2.09. The van der Waals surface area contributed by atoms with Crippen LogP contribution in [0.4, 0.5) is 0 Å². The Balaban J connectivity index is 2.39.